The van der Waals surface area contributed by atoms with Gasteiger partial charge in [0.15, 0.2) is 0 Å². The lowest BCUT2D eigenvalue weighted by Crippen LogP contribution is -2.33. The van der Waals surface area contributed by atoms with Crippen molar-refractivity contribution in [3.8, 4) is 0 Å². The molecule has 2 rings (SSSR count). The van der Waals surface area contributed by atoms with Crippen molar-refractivity contribution in [2.24, 2.45) is 5.41 Å². The van der Waals surface area contributed by atoms with Crippen LogP contribution in [0.5, 0.6) is 0 Å². The van der Waals surface area contributed by atoms with E-state index in [2.05, 4.69) is 21.2 Å². The number of hydrogen-bond donors (Lipinski definition) is 2. The fraction of sp³-hybridized carbons (Fsp3) is 0.467. The first kappa shape index (κ1) is 15.0. The third-order valence-electron chi connectivity index (χ3n) is 4.17. The highest BCUT2D eigenvalue weighted by Gasteiger charge is 2.39. The van der Waals surface area contributed by atoms with Crippen molar-refractivity contribution in [1.82, 2.24) is 0 Å². The van der Waals surface area contributed by atoms with Crippen molar-refractivity contribution in [1.29, 1.82) is 0 Å². The number of nitrogens with one attached hydrogen (secondary N) is 1. The molecule has 1 aromatic rings. The topological polar surface area (TPSA) is 66.4 Å². The Labute approximate surface area is 126 Å². The van der Waals surface area contributed by atoms with Gasteiger partial charge in [-0.05, 0) is 53.4 Å². The van der Waals surface area contributed by atoms with Gasteiger partial charge in [0, 0.05) is 15.6 Å². The minimum Gasteiger partial charge on any atom is -0.478 e. The maximum atomic E-state index is 12.5. The average molecular weight is 340 g/mol. The number of rotatable bonds is 4. The van der Waals surface area contributed by atoms with Crippen LogP contribution in [0.1, 0.15) is 49.4 Å². The van der Waals surface area contributed by atoms with Crippen molar-refractivity contribution in [2.75, 3.05) is 5.32 Å². The zero-order chi connectivity index (χ0) is 14.8. The Morgan fingerprint density at radius 3 is 2.55 bits per heavy atom. The molecule has 2 N–H and O–H groups in total. The summed E-state index contributed by atoms with van der Waals surface area (Å²) in [5, 5.41) is 12.0. The summed E-state index contributed by atoms with van der Waals surface area (Å²) in [7, 11) is 0. The molecule has 0 aliphatic heterocycles. The first-order chi connectivity index (χ1) is 9.48. The first-order valence-electron chi connectivity index (χ1n) is 6.83. The highest BCUT2D eigenvalue weighted by atomic mass is 79.9. The van der Waals surface area contributed by atoms with Crippen LogP contribution in [-0.2, 0) is 4.79 Å². The van der Waals surface area contributed by atoms with E-state index in [1.807, 2.05) is 6.92 Å². The minimum atomic E-state index is -1.01. The maximum Gasteiger partial charge on any atom is 0.336 e. The third-order valence-corrected chi connectivity index (χ3v) is 4.87. The van der Waals surface area contributed by atoms with Gasteiger partial charge in [0.25, 0.3) is 0 Å². The fourth-order valence-electron chi connectivity index (χ4n) is 2.82. The number of amides is 1. The van der Waals surface area contributed by atoms with Gasteiger partial charge in [-0.15, -0.1) is 0 Å². The Morgan fingerprint density at radius 1 is 1.35 bits per heavy atom. The van der Waals surface area contributed by atoms with Crippen LogP contribution < -0.4 is 5.32 Å². The van der Waals surface area contributed by atoms with Crippen LogP contribution in [0, 0.1) is 5.41 Å². The molecule has 1 aromatic carbocycles. The molecule has 0 spiro atoms. The van der Waals surface area contributed by atoms with Crippen LogP contribution in [0.4, 0.5) is 5.69 Å². The summed E-state index contributed by atoms with van der Waals surface area (Å²) in [6, 6.07) is 4.85. The highest BCUT2D eigenvalue weighted by molar-refractivity contribution is 9.10. The van der Waals surface area contributed by atoms with Crippen LogP contribution in [-0.4, -0.2) is 17.0 Å². The predicted molar refractivity (Wildman–Crippen MR) is 80.9 cm³/mol. The van der Waals surface area contributed by atoms with Gasteiger partial charge in [-0.3, -0.25) is 4.79 Å². The van der Waals surface area contributed by atoms with Gasteiger partial charge in [-0.25, -0.2) is 4.79 Å². The summed E-state index contributed by atoms with van der Waals surface area (Å²) in [5.74, 6) is -1.00. The summed E-state index contributed by atoms with van der Waals surface area (Å²) >= 11 is 3.19. The summed E-state index contributed by atoms with van der Waals surface area (Å²) in [4.78, 5) is 23.6. The molecule has 0 saturated heterocycles. The molecule has 1 saturated carbocycles. The average Bonchev–Trinajstić information content (AvgIpc) is 2.90. The first-order valence-corrected chi connectivity index (χ1v) is 7.62. The number of carboxylic acid groups (broad SMARTS) is 1. The molecule has 0 radical (unpaired) electrons. The molecular formula is C15H18BrNO3. The van der Waals surface area contributed by atoms with Crippen molar-refractivity contribution in [2.45, 2.75) is 39.0 Å². The van der Waals surface area contributed by atoms with E-state index >= 15 is 0 Å². The molecule has 108 valence electrons. The normalized spacial score (nSPS) is 16.9. The standard InChI is InChI=1S/C15H18BrNO3/c1-2-15(7-3-4-8-15)14(20)17-10-5-6-12(16)11(9-10)13(18)19/h5-6,9H,2-4,7-8H2,1H3,(H,17,20)(H,18,19). The molecule has 4 nitrogen and oxygen atoms in total. The van der Waals surface area contributed by atoms with E-state index in [1.54, 1.807) is 12.1 Å². The number of benzene rings is 1. The molecule has 0 aromatic heterocycles. The van der Waals surface area contributed by atoms with Crippen LogP contribution in [0.3, 0.4) is 0 Å². The molecule has 20 heavy (non-hydrogen) atoms. The smallest absolute Gasteiger partial charge is 0.336 e. The van der Waals surface area contributed by atoms with E-state index in [9.17, 15) is 9.59 Å². The second-order valence-electron chi connectivity index (χ2n) is 5.29. The second-order valence-corrected chi connectivity index (χ2v) is 6.15. The molecule has 0 atom stereocenters. The number of carbonyl (C=O) groups excluding carboxylic acids is 1. The highest BCUT2D eigenvalue weighted by Crippen LogP contribution is 2.41. The number of halogens is 1. The molecule has 1 aliphatic carbocycles. The second kappa shape index (κ2) is 5.95. The van der Waals surface area contributed by atoms with Crippen molar-refractivity contribution in [3.63, 3.8) is 0 Å². The predicted octanol–water partition coefficient (Wildman–Crippen LogP) is 4.06. The van der Waals surface area contributed by atoms with Crippen molar-refractivity contribution < 1.29 is 14.7 Å². The lowest BCUT2D eigenvalue weighted by Gasteiger charge is -2.26. The van der Waals surface area contributed by atoms with Crippen LogP contribution in [0.25, 0.3) is 0 Å². The molecule has 0 heterocycles. The SMILES string of the molecule is CCC1(C(=O)Nc2ccc(Br)c(C(=O)O)c2)CCCC1. The largest absolute Gasteiger partial charge is 0.478 e. The minimum absolute atomic E-state index is 0.0103. The molecule has 1 aliphatic rings. The summed E-state index contributed by atoms with van der Waals surface area (Å²) in [5.41, 5.74) is 0.409. The monoisotopic (exact) mass is 339 g/mol. The molecule has 1 fully saturated rings. The zero-order valence-corrected chi connectivity index (χ0v) is 13.0. The Balaban J connectivity index is 2.19. The lowest BCUT2D eigenvalue weighted by molar-refractivity contribution is -0.125. The number of carboxylic acids is 1. The van der Waals surface area contributed by atoms with Gasteiger partial charge in [0.2, 0.25) is 5.91 Å². The fourth-order valence-corrected chi connectivity index (χ4v) is 3.24. The molecular weight excluding hydrogens is 322 g/mol. The Morgan fingerprint density at radius 2 is 2.00 bits per heavy atom. The summed E-state index contributed by atoms with van der Waals surface area (Å²) < 4.78 is 0.508. The molecule has 0 unspecified atom stereocenters. The maximum absolute atomic E-state index is 12.5. The van der Waals surface area contributed by atoms with E-state index in [0.717, 1.165) is 32.1 Å². The quantitative estimate of drug-likeness (QED) is 0.869. The van der Waals surface area contributed by atoms with Gasteiger partial charge in [-0.1, -0.05) is 19.8 Å². The van der Waals surface area contributed by atoms with Crippen LogP contribution in [0.15, 0.2) is 22.7 Å². The number of aromatic carboxylic acids is 1. The summed E-state index contributed by atoms with van der Waals surface area (Å²) in [6.07, 6.45) is 4.82. The number of anilines is 1. The van der Waals surface area contributed by atoms with E-state index in [0.29, 0.717) is 10.2 Å². The van der Waals surface area contributed by atoms with E-state index < -0.39 is 5.97 Å². The molecule has 5 heteroatoms. The Bertz CT molecular complexity index is 536. The van der Waals surface area contributed by atoms with Gasteiger partial charge in [0.05, 0.1) is 5.56 Å². The summed E-state index contributed by atoms with van der Waals surface area (Å²) in [6.45, 7) is 2.04. The van der Waals surface area contributed by atoms with E-state index in [1.165, 1.54) is 6.07 Å². The van der Waals surface area contributed by atoms with Crippen molar-refractivity contribution >= 4 is 33.5 Å². The Kier molecular flexibility index (Phi) is 4.48. The van der Waals surface area contributed by atoms with E-state index in [4.69, 9.17) is 5.11 Å². The van der Waals surface area contributed by atoms with E-state index in [-0.39, 0.29) is 16.9 Å². The van der Waals surface area contributed by atoms with Crippen molar-refractivity contribution in [3.05, 3.63) is 28.2 Å². The van der Waals surface area contributed by atoms with Crippen LogP contribution in [0.2, 0.25) is 0 Å². The van der Waals surface area contributed by atoms with Crippen LogP contribution >= 0.6 is 15.9 Å². The number of hydrogen-bond acceptors (Lipinski definition) is 2. The molecule has 1 amide bonds. The van der Waals surface area contributed by atoms with Gasteiger partial charge in [-0.2, -0.15) is 0 Å². The lowest BCUT2D eigenvalue weighted by atomic mass is 9.82. The van der Waals surface area contributed by atoms with Gasteiger partial charge >= 0.3 is 5.97 Å². The third kappa shape index (κ3) is 2.87. The Hall–Kier alpha value is -1.36. The zero-order valence-electron chi connectivity index (χ0n) is 11.4. The van der Waals surface area contributed by atoms with Gasteiger partial charge in [0.1, 0.15) is 0 Å². The number of carbonyl (C=O) groups is 2. The molecule has 0 bridgehead atoms. The van der Waals surface area contributed by atoms with Gasteiger partial charge < -0.3 is 10.4 Å².